The van der Waals surface area contributed by atoms with Crippen LogP contribution in [0.4, 0.5) is 14.5 Å². The number of hydrogen-bond donors (Lipinski definition) is 2. The van der Waals surface area contributed by atoms with Crippen LogP contribution < -0.4 is 5.32 Å². The van der Waals surface area contributed by atoms with Gasteiger partial charge in [0, 0.05) is 5.69 Å². The topological polar surface area (TPSA) is 70.7 Å². The molecule has 2 N–H and O–H groups in total. The molecule has 0 radical (unpaired) electrons. The maximum absolute atomic E-state index is 12.6. The molecule has 0 aliphatic heterocycles. The number of halogens is 2. The van der Waals surface area contributed by atoms with E-state index in [9.17, 15) is 13.6 Å². The molecule has 0 bridgehead atoms. The quantitative estimate of drug-likeness (QED) is 0.777. The third-order valence-electron chi connectivity index (χ3n) is 2.92. The van der Waals surface area contributed by atoms with Gasteiger partial charge in [0.25, 0.3) is 12.3 Å². The first-order chi connectivity index (χ1) is 10.0. The number of fused-ring (bicyclic) bond motifs is 1. The first-order valence-electron chi connectivity index (χ1n) is 6.04. The highest BCUT2D eigenvalue weighted by Crippen LogP contribution is 2.23. The molecule has 3 rings (SSSR count). The van der Waals surface area contributed by atoms with Crippen LogP contribution in [-0.4, -0.2) is 20.9 Å². The number of aryl methyl sites for hydroxylation is 1. The number of nitrogens with zero attached hydrogens (tertiary/aromatic N) is 2. The molecule has 8 heteroatoms. The van der Waals surface area contributed by atoms with Crippen LogP contribution in [-0.2, 0) is 0 Å². The number of alkyl halides is 2. The number of amides is 1. The lowest BCUT2D eigenvalue weighted by atomic mass is 10.2. The zero-order chi connectivity index (χ0) is 15.0. The number of carbonyl (C=O) groups is 1. The third-order valence-corrected chi connectivity index (χ3v) is 3.84. The third kappa shape index (κ3) is 2.62. The van der Waals surface area contributed by atoms with E-state index in [1.54, 1.807) is 30.6 Å². The van der Waals surface area contributed by atoms with Gasteiger partial charge in [0.05, 0.1) is 22.2 Å². The Labute approximate surface area is 122 Å². The van der Waals surface area contributed by atoms with Crippen LogP contribution in [0, 0.1) is 6.92 Å². The molecule has 0 aliphatic rings. The Morgan fingerprint density at radius 2 is 2.24 bits per heavy atom. The number of aromatic nitrogens is 3. The lowest BCUT2D eigenvalue weighted by molar-refractivity contribution is 0.102. The predicted octanol–water partition coefficient (Wildman–Crippen LogP) is 3.52. The van der Waals surface area contributed by atoms with Crippen LogP contribution >= 0.6 is 11.3 Å². The molecule has 0 unspecified atom stereocenters. The lowest BCUT2D eigenvalue weighted by Gasteiger charge is -2.03. The van der Waals surface area contributed by atoms with E-state index in [-0.39, 0.29) is 11.7 Å². The molecular weight excluding hydrogens is 298 g/mol. The van der Waals surface area contributed by atoms with Crippen molar-refractivity contribution in [2.45, 2.75) is 13.3 Å². The first kappa shape index (κ1) is 13.6. The Bertz CT molecular complexity index is 811. The van der Waals surface area contributed by atoms with E-state index in [2.05, 4.69) is 20.3 Å². The van der Waals surface area contributed by atoms with Crippen LogP contribution in [0.1, 0.15) is 27.6 Å². The normalized spacial score (nSPS) is 11.2. The van der Waals surface area contributed by atoms with Crippen LogP contribution in [0.5, 0.6) is 0 Å². The van der Waals surface area contributed by atoms with Crippen LogP contribution in [0.2, 0.25) is 0 Å². The number of benzene rings is 1. The second kappa shape index (κ2) is 5.21. The number of rotatable bonds is 3. The molecule has 5 nitrogen and oxygen atoms in total. The highest BCUT2D eigenvalue weighted by atomic mass is 32.1. The van der Waals surface area contributed by atoms with E-state index in [0.29, 0.717) is 27.3 Å². The second-order valence-electron chi connectivity index (χ2n) is 4.38. The van der Waals surface area contributed by atoms with Gasteiger partial charge in [-0.1, -0.05) is 0 Å². The molecule has 3 aromatic rings. The van der Waals surface area contributed by atoms with Gasteiger partial charge >= 0.3 is 0 Å². The molecule has 2 aromatic heterocycles. The average Bonchev–Trinajstić information content (AvgIpc) is 3.04. The van der Waals surface area contributed by atoms with E-state index in [1.165, 1.54) is 11.3 Å². The fourth-order valence-corrected chi connectivity index (χ4v) is 2.62. The minimum atomic E-state index is -2.66. The van der Waals surface area contributed by atoms with Crippen molar-refractivity contribution in [1.82, 2.24) is 15.0 Å². The fraction of sp³-hybridized carbons (Fsp3) is 0.154. The molecule has 0 saturated heterocycles. The number of aromatic amines is 1. The Balaban J connectivity index is 1.87. The fourth-order valence-electron chi connectivity index (χ4n) is 1.92. The smallest absolute Gasteiger partial charge is 0.295 e. The zero-order valence-corrected chi connectivity index (χ0v) is 11.7. The van der Waals surface area contributed by atoms with E-state index < -0.39 is 6.43 Å². The second-order valence-corrected chi connectivity index (χ2v) is 5.23. The summed E-state index contributed by atoms with van der Waals surface area (Å²) in [5, 5.41) is 2.71. The van der Waals surface area contributed by atoms with Crippen molar-refractivity contribution in [3.63, 3.8) is 0 Å². The average molecular weight is 308 g/mol. The summed E-state index contributed by atoms with van der Waals surface area (Å²) in [5.74, 6) is -0.658. The molecule has 2 heterocycles. The van der Waals surface area contributed by atoms with E-state index in [0.717, 1.165) is 0 Å². The Morgan fingerprint density at radius 1 is 1.43 bits per heavy atom. The monoisotopic (exact) mass is 308 g/mol. The molecular formula is C13H10F2N4OS. The Hall–Kier alpha value is -2.35. The van der Waals surface area contributed by atoms with Gasteiger partial charge in [-0.25, -0.2) is 18.7 Å². The Kier molecular flexibility index (Phi) is 3.38. The van der Waals surface area contributed by atoms with E-state index in [1.807, 2.05) is 0 Å². The zero-order valence-electron chi connectivity index (χ0n) is 10.9. The van der Waals surface area contributed by atoms with Crippen molar-refractivity contribution in [3.05, 3.63) is 40.1 Å². The summed E-state index contributed by atoms with van der Waals surface area (Å²) in [5.41, 5.74) is 3.63. The largest absolute Gasteiger partial charge is 0.337 e. The number of H-pyrrole nitrogens is 1. The van der Waals surface area contributed by atoms with Gasteiger partial charge in [0.1, 0.15) is 4.88 Å². The highest BCUT2D eigenvalue weighted by molar-refractivity contribution is 7.12. The maximum atomic E-state index is 12.6. The standard InChI is InChI=1S/C13H10F2N4OS/c1-6-10(21-5-16-6)13(20)17-7-2-3-8-9(4-7)19-12(18-8)11(14)15/h2-5,11H,1H3,(H,17,20)(H,18,19). The minimum absolute atomic E-state index is 0.275. The molecule has 0 fully saturated rings. The number of thiazole rings is 1. The van der Waals surface area contributed by atoms with E-state index in [4.69, 9.17) is 0 Å². The van der Waals surface area contributed by atoms with Crippen molar-refractivity contribution in [2.75, 3.05) is 5.32 Å². The van der Waals surface area contributed by atoms with Crippen LogP contribution in [0.3, 0.4) is 0 Å². The van der Waals surface area contributed by atoms with Gasteiger partial charge in [0.2, 0.25) is 0 Å². The summed E-state index contributed by atoms with van der Waals surface area (Å²) < 4.78 is 25.2. The van der Waals surface area contributed by atoms with Gasteiger partial charge < -0.3 is 10.3 Å². The molecule has 108 valence electrons. The van der Waals surface area contributed by atoms with Gasteiger partial charge in [-0.15, -0.1) is 11.3 Å². The molecule has 1 aromatic carbocycles. The van der Waals surface area contributed by atoms with E-state index >= 15 is 0 Å². The predicted molar refractivity (Wildman–Crippen MR) is 75.9 cm³/mol. The number of anilines is 1. The van der Waals surface area contributed by atoms with Crippen molar-refractivity contribution >= 4 is 34.0 Å². The molecule has 0 aliphatic carbocycles. The first-order valence-corrected chi connectivity index (χ1v) is 6.92. The minimum Gasteiger partial charge on any atom is -0.337 e. The van der Waals surface area contributed by atoms with Gasteiger partial charge in [0.15, 0.2) is 5.82 Å². The summed E-state index contributed by atoms with van der Waals surface area (Å²) in [7, 11) is 0. The number of imidazole rings is 1. The van der Waals surface area contributed by atoms with Crippen LogP contribution in [0.15, 0.2) is 23.7 Å². The molecule has 0 atom stereocenters. The molecule has 0 spiro atoms. The highest BCUT2D eigenvalue weighted by Gasteiger charge is 2.14. The van der Waals surface area contributed by atoms with Crippen LogP contribution in [0.25, 0.3) is 11.0 Å². The molecule has 0 saturated carbocycles. The lowest BCUT2D eigenvalue weighted by Crippen LogP contribution is -2.11. The number of carbonyl (C=O) groups excluding carboxylic acids is 1. The SMILES string of the molecule is Cc1ncsc1C(=O)Nc1ccc2nc(C(F)F)[nH]c2c1. The Morgan fingerprint density at radius 3 is 2.90 bits per heavy atom. The van der Waals surface area contributed by atoms with Gasteiger partial charge in [-0.2, -0.15) is 0 Å². The van der Waals surface area contributed by atoms with Crippen molar-refractivity contribution in [2.24, 2.45) is 0 Å². The summed E-state index contributed by atoms with van der Waals surface area (Å²) >= 11 is 1.25. The van der Waals surface area contributed by atoms with Crippen molar-refractivity contribution in [3.8, 4) is 0 Å². The number of nitrogens with one attached hydrogen (secondary N) is 2. The van der Waals surface area contributed by atoms with Gasteiger partial charge in [-0.3, -0.25) is 4.79 Å². The van der Waals surface area contributed by atoms with Crippen molar-refractivity contribution in [1.29, 1.82) is 0 Å². The van der Waals surface area contributed by atoms with Gasteiger partial charge in [-0.05, 0) is 25.1 Å². The van der Waals surface area contributed by atoms with Crippen molar-refractivity contribution < 1.29 is 13.6 Å². The maximum Gasteiger partial charge on any atom is 0.295 e. The summed E-state index contributed by atoms with van der Waals surface area (Å²) in [4.78, 5) is 22.9. The molecule has 1 amide bonds. The summed E-state index contributed by atoms with van der Waals surface area (Å²) in [6.45, 7) is 1.75. The molecule has 21 heavy (non-hydrogen) atoms. The summed E-state index contributed by atoms with van der Waals surface area (Å²) in [6.07, 6.45) is -2.66. The summed E-state index contributed by atoms with van der Waals surface area (Å²) in [6, 6.07) is 4.77. The number of hydrogen-bond acceptors (Lipinski definition) is 4.